The van der Waals surface area contributed by atoms with Crippen LogP contribution in [0.1, 0.15) is 0 Å². The van der Waals surface area contributed by atoms with Crippen molar-refractivity contribution >= 4 is 43.6 Å². The lowest BCUT2D eigenvalue weighted by Crippen LogP contribution is -2.04. The van der Waals surface area contributed by atoms with Crippen molar-refractivity contribution < 1.29 is 0 Å². The summed E-state index contributed by atoms with van der Waals surface area (Å²) in [5.41, 5.74) is 2.53. The fourth-order valence-electron chi connectivity index (χ4n) is 1.51. The van der Waals surface area contributed by atoms with Crippen molar-refractivity contribution in [1.29, 1.82) is 0 Å². The lowest BCUT2D eigenvalue weighted by molar-refractivity contribution is 1.70. The van der Waals surface area contributed by atoms with Crippen LogP contribution >= 0.6 is 27.7 Å². The van der Waals surface area contributed by atoms with Gasteiger partial charge in [0.1, 0.15) is 0 Å². The molecule has 0 aliphatic carbocycles. The van der Waals surface area contributed by atoms with Crippen LogP contribution in [-0.2, 0) is 0 Å². The molecule has 3 atom stereocenters. The zero-order chi connectivity index (χ0) is 10.8. The van der Waals surface area contributed by atoms with E-state index in [1.165, 1.54) is 27.0 Å². The van der Waals surface area contributed by atoms with Crippen LogP contribution in [0.4, 0.5) is 0 Å². The standard InChI is InChI=1S/C12H13P3/c13-9-3-1-8(2-4-9)11-6-5-10(14)7-12(11)15/h1-7H,13-15H2. The third-order valence-electron chi connectivity index (χ3n) is 2.30. The summed E-state index contributed by atoms with van der Waals surface area (Å²) in [5.74, 6) is 0. The van der Waals surface area contributed by atoms with Gasteiger partial charge in [-0.3, -0.25) is 0 Å². The SMILES string of the molecule is Pc1ccc(-c2ccc(P)cc2P)cc1. The van der Waals surface area contributed by atoms with Gasteiger partial charge >= 0.3 is 0 Å². The predicted molar refractivity (Wildman–Crippen MR) is 79.9 cm³/mol. The first kappa shape index (κ1) is 11.2. The van der Waals surface area contributed by atoms with E-state index in [4.69, 9.17) is 0 Å². The Labute approximate surface area is 97.5 Å². The summed E-state index contributed by atoms with van der Waals surface area (Å²) in [6, 6.07) is 14.9. The van der Waals surface area contributed by atoms with Crippen LogP contribution in [0.25, 0.3) is 11.1 Å². The molecule has 0 saturated carbocycles. The molecule has 0 bridgehead atoms. The molecule has 0 N–H and O–H groups in total. The lowest BCUT2D eigenvalue weighted by atomic mass is 10.1. The van der Waals surface area contributed by atoms with Crippen LogP contribution in [-0.4, -0.2) is 0 Å². The number of benzene rings is 2. The van der Waals surface area contributed by atoms with Crippen LogP contribution in [0, 0.1) is 0 Å². The molecule has 0 aliphatic rings. The maximum Gasteiger partial charge on any atom is -0.0112 e. The largest absolute Gasteiger partial charge is 0.106 e. The van der Waals surface area contributed by atoms with E-state index in [1.54, 1.807) is 0 Å². The minimum atomic E-state index is 1.21. The second kappa shape index (κ2) is 4.71. The van der Waals surface area contributed by atoms with Gasteiger partial charge in [-0.05, 0) is 33.1 Å². The fraction of sp³-hybridized carbons (Fsp3) is 0. The highest BCUT2D eigenvalue weighted by atomic mass is 31.0. The molecule has 0 aliphatic heterocycles. The van der Waals surface area contributed by atoms with Gasteiger partial charge < -0.3 is 0 Å². The first-order valence-electron chi connectivity index (χ1n) is 4.68. The van der Waals surface area contributed by atoms with Crippen molar-refractivity contribution in [1.82, 2.24) is 0 Å². The summed E-state index contributed by atoms with van der Waals surface area (Å²) >= 11 is 0. The van der Waals surface area contributed by atoms with Crippen molar-refractivity contribution in [3.05, 3.63) is 42.5 Å². The summed E-state index contributed by atoms with van der Waals surface area (Å²) in [6.07, 6.45) is 0. The quantitative estimate of drug-likeness (QED) is 0.678. The number of hydrogen-bond acceptors (Lipinski definition) is 0. The minimum absolute atomic E-state index is 1.21. The number of hydrogen-bond donors (Lipinski definition) is 0. The Morgan fingerprint density at radius 3 is 1.87 bits per heavy atom. The summed E-state index contributed by atoms with van der Waals surface area (Å²) < 4.78 is 0. The molecule has 3 heteroatoms. The van der Waals surface area contributed by atoms with E-state index in [0.717, 1.165) is 0 Å². The predicted octanol–water partition coefficient (Wildman–Crippen LogP) is 1.85. The first-order valence-corrected chi connectivity index (χ1v) is 6.41. The summed E-state index contributed by atoms with van der Waals surface area (Å²) in [5, 5.41) is 3.66. The van der Waals surface area contributed by atoms with Crippen LogP contribution in [0.5, 0.6) is 0 Å². The molecule has 0 heterocycles. The lowest BCUT2D eigenvalue weighted by Gasteiger charge is -2.07. The second-order valence-corrected chi connectivity index (χ2v) is 5.42. The molecule has 15 heavy (non-hydrogen) atoms. The first-order chi connectivity index (χ1) is 7.16. The molecule has 2 rings (SSSR count). The zero-order valence-electron chi connectivity index (χ0n) is 8.27. The summed E-state index contributed by atoms with van der Waals surface area (Å²) in [4.78, 5) is 0. The van der Waals surface area contributed by atoms with Crippen LogP contribution in [0.15, 0.2) is 42.5 Å². The fourth-order valence-corrected chi connectivity index (χ4v) is 2.62. The molecular weight excluding hydrogens is 237 g/mol. The second-order valence-electron chi connectivity index (χ2n) is 3.47. The van der Waals surface area contributed by atoms with Gasteiger partial charge in [0.25, 0.3) is 0 Å². The molecule has 0 spiro atoms. The van der Waals surface area contributed by atoms with Crippen LogP contribution in [0.3, 0.4) is 0 Å². The monoisotopic (exact) mass is 250 g/mol. The maximum atomic E-state index is 2.79. The normalized spacial score (nSPS) is 10.3. The van der Waals surface area contributed by atoms with Gasteiger partial charge in [-0.25, -0.2) is 0 Å². The smallest absolute Gasteiger partial charge is 0.0112 e. The Kier molecular flexibility index (Phi) is 3.53. The van der Waals surface area contributed by atoms with Gasteiger partial charge in [-0.2, -0.15) is 0 Å². The average molecular weight is 250 g/mol. The van der Waals surface area contributed by atoms with Crippen molar-refractivity contribution in [3.8, 4) is 11.1 Å². The van der Waals surface area contributed by atoms with E-state index in [2.05, 4.69) is 70.2 Å². The van der Waals surface area contributed by atoms with Gasteiger partial charge in [-0.1, -0.05) is 36.4 Å². The minimum Gasteiger partial charge on any atom is -0.106 e. The molecule has 2 aromatic carbocycles. The van der Waals surface area contributed by atoms with E-state index in [-0.39, 0.29) is 0 Å². The molecule has 0 aromatic heterocycles. The van der Waals surface area contributed by atoms with Gasteiger partial charge in [-0.15, -0.1) is 27.7 Å². The van der Waals surface area contributed by atoms with Gasteiger partial charge in [0.2, 0.25) is 0 Å². The number of rotatable bonds is 1. The Bertz CT molecular complexity index is 475. The highest BCUT2D eigenvalue weighted by Gasteiger charge is 2.01. The van der Waals surface area contributed by atoms with Crippen LogP contribution in [0.2, 0.25) is 0 Å². The molecule has 0 amide bonds. The van der Waals surface area contributed by atoms with Gasteiger partial charge in [0.05, 0.1) is 0 Å². The topological polar surface area (TPSA) is 0 Å². The van der Waals surface area contributed by atoms with Gasteiger partial charge in [0.15, 0.2) is 0 Å². The zero-order valence-corrected chi connectivity index (χ0v) is 11.7. The third kappa shape index (κ3) is 2.64. The van der Waals surface area contributed by atoms with E-state index in [0.29, 0.717) is 0 Å². The van der Waals surface area contributed by atoms with Crippen molar-refractivity contribution in [3.63, 3.8) is 0 Å². The molecule has 3 unspecified atom stereocenters. The molecule has 76 valence electrons. The molecule has 0 fully saturated rings. The summed E-state index contributed by atoms with van der Waals surface area (Å²) in [6.45, 7) is 0. The van der Waals surface area contributed by atoms with Crippen LogP contribution < -0.4 is 15.9 Å². The molecule has 0 radical (unpaired) electrons. The maximum absolute atomic E-state index is 2.79. The Morgan fingerprint density at radius 2 is 1.27 bits per heavy atom. The Morgan fingerprint density at radius 1 is 0.667 bits per heavy atom. The van der Waals surface area contributed by atoms with E-state index in [1.807, 2.05) is 0 Å². The Hall–Kier alpha value is -0.270. The van der Waals surface area contributed by atoms with Crippen molar-refractivity contribution in [2.75, 3.05) is 0 Å². The molecular formula is C12H13P3. The molecule has 0 nitrogen and oxygen atoms in total. The third-order valence-corrected chi connectivity index (χ3v) is 3.52. The average Bonchev–Trinajstić information content (AvgIpc) is 2.20. The molecule has 2 aromatic rings. The van der Waals surface area contributed by atoms with Crippen molar-refractivity contribution in [2.45, 2.75) is 0 Å². The summed E-state index contributed by atoms with van der Waals surface area (Å²) in [7, 11) is 8.20. The van der Waals surface area contributed by atoms with E-state index in [9.17, 15) is 0 Å². The van der Waals surface area contributed by atoms with Gasteiger partial charge in [0, 0.05) is 0 Å². The van der Waals surface area contributed by atoms with E-state index < -0.39 is 0 Å². The van der Waals surface area contributed by atoms with Crippen molar-refractivity contribution in [2.24, 2.45) is 0 Å². The van der Waals surface area contributed by atoms with E-state index >= 15 is 0 Å². The highest BCUT2D eigenvalue weighted by molar-refractivity contribution is 7.29. The highest BCUT2D eigenvalue weighted by Crippen LogP contribution is 2.18. The Balaban J connectivity index is 2.49. The molecule has 0 saturated heterocycles.